The smallest absolute Gasteiger partial charge is 0.375 e. The molecule has 1 N–H and O–H groups in total. The first-order chi connectivity index (χ1) is 8.90. The molecular formula is C14H17N3O2. The highest BCUT2D eigenvalue weighted by Crippen LogP contribution is 2.21. The van der Waals surface area contributed by atoms with E-state index < -0.39 is 5.97 Å². The van der Waals surface area contributed by atoms with Crippen molar-refractivity contribution in [3.05, 3.63) is 41.0 Å². The lowest BCUT2D eigenvalue weighted by molar-refractivity contribution is 0.0683. The van der Waals surface area contributed by atoms with E-state index in [0.29, 0.717) is 5.82 Å². The average Bonchev–Trinajstić information content (AvgIpc) is 2.77. The molecule has 0 radical (unpaired) electrons. The van der Waals surface area contributed by atoms with E-state index in [0.717, 1.165) is 16.8 Å². The summed E-state index contributed by atoms with van der Waals surface area (Å²) in [5.74, 6) is -0.512. The summed E-state index contributed by atoms with van der Waals surface area (Å²) in [5, 5.41) is 13.1. The number of hydrogen-bond donors (Lipinski definition) is 1. The topological polar surface area (TPSA) is 68.0 Å². The van der Waals surface area contributed by atoms with E-state index in [4.69, 9.17) is 5.11 Å². The van der Waals surface area contributed by atoms with Gasteiger partial charge in [0.15, 0.2) is 0 Å². The van der Waals surface area contributed by atoms with Crippen molar-refractivity contribution in [1.82, 2.24) is 14.8 Å². The van der Waals surface area contributed by atoms with Crippen LogP contribution in [-0.2, 0) is 0 Å². The molecule has 5 heteroatoms. The third kappa shape index (κ3) is 2.50. The van der Waals surface area contributed by atoms with E-state index in [-0.39, 0.29) is 11.7 Å². The van der Waals surface area contributed by atoms with E-state index in [2.05, 4.69) is 10.1 Å². The molecule has 0 aliphatic heterocycles. The van der Waals surface area contributed by atoms with Gasteiger partial charge in [0, 0.05) is 5.92 Å². The third-order valence-electron chi connectivity index (χ3n) is 2.93. The monoisotopic (exact) mass is 259 g/mol. The fraction of sp³-hybridized carbons (Fsp3) is 0.357. The standard InChI is InChI=1S/C14H17N3O2/c1-8(2)13-15-12(14(18)19)16-17(13)11-7-9(3)5-6-10(11)4/h5-8H,1-4H3,(H,18,19). The minimum absolute atomic E-state index is 0.0977. The van der Waals surface area contributed by atoms with Crippen LogP contribution >= 0.6 is 0 Å². The van der Waals surface area contributed by atoms with Gasteiger partial charge in [-0.05, 0) is 31.0 Å². The lowest BCUT2D eigenvalue weighted by atomic mass is 10.1. The van der Waals surface area contributed by atoms with Gasteiger partial charge in [-0.3, -0.25) is 0 Å². The molecule has 0 spiro atoms. The molecule has 2 aromatic rings. The Morgan fingerprint density at radius 2 is 2.00 bits per heavy atom. The minimum atomic E-state index is -1.11. The number of aromatic nitrogens is 3. The van der Waals surface area contributed by atoms with Crippen LogP contribution in [-0.4, -0.2) is 25.8 Å². The van der Waals surface area contributed by atoms with Crippen molar-refractivity contribution in [3.63, 3.8) is 0 Å². The third-order valence-corrected chi connectivity index (χ3v) is 2.93. The van der Waals surface area contributed by atoms with Crippen LogP contribution < -0.4 is 0 Å². The van der Waals surface area contributed by atoms with Crippen LogP contribution in [0.3, 0.4) is 0 Å². The zero-order valence-corrected chi connectivity index (χ0v) is 11.5. The van der Waals surface area contributed by atoms with Gasteiger partial charge in [0.1, 0.15) is 5.82 Å². The van der Waals surface area contributed by atoms with Gasteiger partial charge >= 0.3 is 5.97 Å². The molecular weight excluding hydrogens is 242 g/mol. The Bertz CT molecular complexity index is 630. The quantitative estimate of drug-likeness (QED) is 0.920. The first-order valence-electron chi connectivity index (χ1n) is 6.18. The van der Waals surface area contributed by atoms with Crippen LogP contribution in [0.15, 0.2) is 18.2 Å². The summed E-state index contributed by atoms with van der Waals surface area (Å²) in [5.41, 5.74) is 3.01. The van der Waals surface area contributed by atoms with Gasteiger partial charge in [0.25, 0.3) is 5.82 Å². The molecule has 0 aliphatic rings. The normalized spacial score (nSPS) is 11.0. The van der Waals surface area contributed by atoms with E-state index in [1.165, 1.54) is 0 Å². The van der Waals surface area contributed by atoms with Gasteiger partial charge in [-0.2, -0.15) is 0 Å². The largest absolute Gasteiger partial charge is 0.475 e. The number of nitrogens with zero attached hydrogens (tertiary/aromatic N) is 3. The van der Waals surface area contributed by atoms with Crippen LogP contribution in [0.2, 0.25) is 0 Å². The lowest BCUT2D eigenvalue weighted by Crippen LogP contribution is -2.07. The first-order valence-corrected chi connectivity index (χ1v) is 6.18. The van der Waals surface area contributed by atoms with Crippen LogP contribution in [0.25, 0.3) is 5.69 Å². The van der Waals surface area contributed by atoms with Gasteiger partial charge in [-0.15, -0.1) is 5.10 Å². The highest BCUT2D eigenvalue weighted by atomic mass is 16.4. The van der Waals surface area contributed by atoms with Crippen molar-refractivity contribution in [2.24, 2.45) is 0 Å². The average molecular weight is 259 g/mol. The molecule has 19 heavy (non-hydrogen) atoms. The lowest BCUT2D eigenvalue weighted by Gasteiger charge is -2.11. The molecule has 0 fully saturated rings. The van der Waals surface area contributed by atoms with Gasteiger partial charge in [0.2, 0.25) is 0 Å². The maximum atomic E-state index is 11.0. The van der Waals surface area contributed by atoms with Gasteiger partial charge in [-0.25, -0.2) is 14.5 Å². The van der Waals surface area contributed by atoms with E-state index >= 15 is 0 Å². The maximum absolute atomic E-state index is 11.0. The summed E-state index contributed by atoms with van der Waals surface area (Å²) >= 11 is 0. The van der Waals surface area contributed by atoms with E-state index in [1.54, 1.807) is 4.68 Å². The molecule has 100 valence electrons. The van der Waals surface area contributed by atoms with Gasteiger partial charge in [0.05, 0.1) is 5.69 Å². The number of hydrogen-bond acceptors (Lipinski definition) is 3. The molecule has 5 nitrogen and oxygen atoms in total. The molecule has 0 unspecified atom stereocenters. The number of aryl methyl sites for hydroxylation is 2. The predicted octanol–water partition coefficient (Wildman–Crippen LogP) is 2.71. The van der Waals surface area contributed by atoms with Crippen LogP contribution in [0, 0.1) is 13.8 Å². The molecule has 0 saturated heterocycles. The fourth-order valence-corrected chi connectivity index (χ4v) is 1.91. The minimum Gasteiger partial charge on any atom is -0.475 e. The Hall–Kier alpha value is -2.17. The van der Waals surface area contributed by atoms with Crippen molar-refractivity contribution >= 4 is 5.97 Å². The summed E-state index contributed by atoms with van der Waals surface area (Å²) in [6, 6.07) is 6.00. The molecule has 0 bridgehead atoms. The van der Waals surface area contributed by atoms with E-state index in [9.17, 15) is 4.79 Å². The summed E-state index contributed by atoms with van der Waals surface area (Å²) in [6.45, 7) is 7.91. The van der Waals surface area contributed by atoms with Crippen molar-refractivity contribution in [2.45, 2.75) is 33.6 Å². The number of aromatic carboxylic acids is 1. The molecule has 0 saturated carbocycles. The fourth-order valence-electron chi connectivity index (χ4n) is 1.91. The summed E-state index contributed by atoms with van der Waals surface area (Å²) < 4.78 is 1.64. The summed E-state index contributed by atoms with van der Waals surface area (Å²) in [7, 11) is 0. The van der Waals surface area contributed by atoms with Crippen molar-refractivity contribution in [2.75, 3.05) is 0 Å². The number of rotatable bonds is 3. The SMILES string of the molecule is Cc1ccc(C)c(-n2nc(C(=O)O)nc2C(C)C)c1. The molecule has 2 rings (SSSR count). The molecule has 0 amide bonds. The molecule has 1 aromatic carbocycles. The Labute approximate surface area is 111 Å². The Morgan fingerprint density at radius 1 is 1.32 bits per heavy atom. The second-order valence-corrected chi connectivity index (χ2v) is 4.96. The summed E-state index contributed by atoms with van der Waals surface area (Å²) in [4.78, 5) is 15.1. The van der Waals surface area contributed by atoms with E-state index in [1.807, 2.05) is 45.9 Å². The Kier molecular flexibility index (Phi) is 3.38. The zero-order chi connectivity index (χ0) is 14.2. The summed E-state index contributed by atoms with van der Waals surface area (Å²) in [6.07, 6.45) is 0. The molecule has 0 atom stereocenters. The van der Waals surface area contributed by atoms with Gasteiger partial charge in [-0.1, -0.05) is 26.0 Å². The predicted molar refractivity (Wildman–Crippen MR) is 71.9 cm³/mol. The second kappa shape index (κ2) is 4.84. The molecule has 0 aliphatic carbocycles. The maximum Gasteiger partial charge on any atom is 0.375 e. The highest BCUT2D eigenvalue weighted by Gasteiger charge is 2.19. The highest BCUT2D eigenvalue weighted by molar-refractivity contribution is 5.83. The number of carboxylic acids is 1. The Morgan fingerprint density at radius 3 is 2.58 bits per heavy atom. The number of carbonyl (C=O) groups is 1. The Balaban J connectivity index is 2.66. The van der Waals surface area contributed by atoms with Crippen molar-refractivity contribution in [1.29, 1.82) is 0 Å². The van der Waals surface area contributed by atoms with Crippen LogP contribution in [0.4, 0.5) is 0 Å². The second-order valence-electron chi connectivity index (χ2n) is 4.96. The first kappa shape index (κ1) is 13.3. The van der Waals surface area contributed by atoms with Crippen molar-refractivity contribution < 1.29 is 9.90 Å². The van der Waals surface area contributed by atoms with Crippen LogP contribution in [0.5, 0.6) is 0 Å². The zero-order valence-electron chi connectivity index (χ0n) is 11.5. The number of carboxylic acid groups (broad SMARTS) is 1. The number of benzene rings is 1. The van der Waals surface area contributed by atoms with Crippen LogP contribution in [0.1, 0.15) is 47.3 Å². The molecule has 1 aromatic heterocycles. The van der Waals surface area contributed by atoms with Crippen molar-refractivity contribution in [3.8, 4) is 5.69 Å². The van der Waals surface area contributed by atoms with Gasteiger partial charge < -0.3 is 5.11 Å². The molecule has 1 heterocycles.